The van der Waals surface area contributed by atoms with Crippen LogP contribution < -0.4 is 16.4 Å². The van der Waals surface area contributed by atoms with E-state index in [4.69, 9.17) is 5.73 Å². The van der Waals surface area contributed by atoms with Crippen LogP contribution in [0.5, 0.6) is 0 Å². The lowest BCUT2D eigenvalue weighted by Gasteiger charge is -2.05. The molecule has 3 rings (SSSR count). The van der Waals surface area contributed by atoms with E-state index in [0.717, 1.165) is 33.5 Å². The molecule has 0 saturated heterocycles. The zero-order valence-electron chi connectivity index (χ0n) is 13.5. The summed E-state index contributed by atoms with van der Waals surface area (Å²) >= 11 is 1.16. The molecule has 24 heavy (non-hydrogen) atoms. The number of hydrogen-bond acceptors (Lipinski definition) is 5. The Hall–Kier alpha value is -2.87. The van der Waals surface area contributed by atoms with E-state index in [2.05, 4.69) is 20.6 Å². The van der Waals surface area contributed by atoms with Gasteiger partial charge in [0.05, 0.1) is 11.1 Å². The van der Waals surface area contributed by atoms with Crippen molar-refractivity contribution in [2.24, 2.45) is 5.73 Å². The largest absolute Gasteiger partial charge is 0.365 e. The first-order valence-electron chi connectivity index (χ1n) is 7.30. The van der Waals surface area contributed by atoms with Gasteiger partial charge in [0.2, 0.25) is 0 Å². The molecule has 3 aromatic rings. The van der Waals surface area contributed by atoms with Gasteiger partial charge in [-0.1, -0.05) is 23.5 Å². The average molecular weight is 343 g/mol. The van der Waals surface area contributed by atoms with Gasteiger partial charge in [-0.3, -0.25) is 9.59 Å². The fraction of sp³-hybridized carbons (Fsp3) is 0.188. The summed E-state index contributed by atoms with van der Waals surface area (Å²) < 4.78 is 0. The number of para-hydroxylation sites is 1. The van der Waals surface area contributed by atoms with E-state index in [1.54, 1.807) is 13.1 Å². The molecular formula is C16H17N5O2S. The number of hydrogen-bond donors (Lipinski definition) is 4. The van der Waals surface area contributed by atoms with Crippen LogP contribution in [0.2, 0.25) is 0 Å². The van der Waals surface area contributed by atoms with E-state index in [-0.39, 0.29) is 11.6 Å². The molecule has 124 valence electrons. The number of aromatic amines is 1. The standard InChI is InChI=1S/C16H17N5O2S/c1-7-8(2)19-11-9(7)5-4-6-10(11)14(23)21-15-12(13(17)22)20-16(18-3)24-15/h4-6,19H,1-3H3,(H2,17,22)(H,18,20)(H,21,23). The monoisotopic (exact) mass is 343 g/mol. The van der Waals surface area contributed by atoms with E-state index in [1.165, 1.54) is 0 Å². The smallest absolute Gasteiger partial charge is 0.270 e. The number of carbonyl (C=O) groups excluding carboxylic acids is 2. The zero-order chi connectivity index (χ0) is 17.4. The molecular weight excluding hydrogens is 326 g/mol. The molecule has 0 atom stereocenters. The van der Waals surface area contributed by atoms with Gasteiger partial charge in [-0.2, -0.15) is 0 Å². The maximum Gasteiger partial charge on any atom is 0.270 e. The summed E-state index contributed by atoms with van der Waals surface area (Å²) in [7, 11) is 1.68. The van der Waals surface area contributed by atoms with Gasteiger partial charge in [0.1, 0.15) is 5.00 Å². The molecule has 1 aromatic carbocycles. The fourth-order valence-corrected chi connectivity index (χ4v) is 3.34. The van der Waals surface area contributed by atoms with Gasteiger partial charge in [-0.25, -0.2) is 4.98 Å². The highest BCUT2D eigenvalue weighted by Gasteiger charge is 2.20. The molecule has 0 fully saturated rings. The normalized spacial score (nSPS) is 10.8. The predicted octanol–water partition coefficient (Wildman–Crippen LogP) is 2.63. The number of H-pyrrole nitrogens is 1. The van der Waals surface area contributed by atoms with Crippen LogP contribution in [0.3, 0.4) is 0 Å². The predicted molar refractivity (Wildman–Crippen MR) is 95.9 cm³/mol. The number of aromatic nitrogens is 2. The minimum atomic E-state index is -0.687. The van der Waals surface area contributed by atoms with Crippen LogP contribution in [0.25, 0.3) is 10.9 Å². The number of rotatable bonds is 4. The molecule has 2 heterocycles. The molecule has 0 aliphatic carbocycles. The molecule has 2 amide bonds. The molecule has 8 heteroatoms. The third kappa shape index (κ3) is 2.61. The van der Waals surface area contributed by atoms with Crippen molar-refractivity contribution in [3.05, 3.63) is 40.7 Å². The summed E-state index contributed by atoms with van der Waals surface area (Å²) in [5.41, 5.74) is 8.76. The third-order valence-corrected chi connectivity index (χ3v) is 4.88. The number of fused-ring (bicyclic) bond motifs is 1. The summed E-state index contributed by atoms with van der Waals surface area (Å²) in [5.74, 6) is -1.01. The Morgan fingerprint density at radius 2 is 2.04 bits per heavy atom. The Kier molecular flexibility index (Phi) is 3.98. The van der Waals surface area contributed by atoms with Crippen molar-refractivity contribution in [2.75, 3.05) is 17.7 Å². The molecule has 0 unspecified atom stereocenters. The topological polar surface area (TPSA) is 113 Å². The van der Waals surface area contributed by atoms with E-state index in [9.17, 15) is 9.59 Å². The summed E-state index contributed by atoms with van der Waals surface area (Å²) in [5, 5.41) is 7.41. The van der Waals surface area contributed by atoms with Gasteiger partial charge >= 0.3 is 0 Å². The number of benzene rings is 1. The fourth-order valence-electron chi connectivity index (χ4n) is 2.52. The summed E-state index contributed by atoms with van der Waals surface area (Å²) in [6, 6.07) is 5.53. The van der Waals surface area contributed by atoms with Crippen molar-refractivity contribution < 1.29 is 9.59 Å². The van der Waals surface area contributed by atoms with E-state index < -0.39 is 5.91 Å². The van der Waals surface area contributed by atoms with E-state index >= 15 is 0 Å². The number of primary amides is 1. The Morgan fingerprint density at radius 1 is 1.29 bits per heavy atom. The van der Waals surface area contributed by atoms with Crippen molar-refractivity contribution in [3.8, 4) is 0 Å². The number of nitrogens with zero attached hydrogens (tertiary/aromatic N) is 1. The van der Waals surface area contributed by atoms with Crippen molar-refractivity contribution >= 4 is 44.2 Å². The molecule has 0 radical (unpaired) electrons. The molecule has 7 nitrogen and oxygen atoms in total. The quantitative estimate of drug-likeness (QED) is 0.583. The third-order valence-electron chi connectivity index (χ3n) is 3.89. The molecule has 2 aromatic heterocycles. The summed E-state index contributed by atoms with van der Waals surface area (Å²) in [6.07, 6.45) is 0. The van der Waals surface area contributed by atoms with Crippen molar-refractivity contribution in [1.29, 1.82) is 0 Å². The molecule has 5 N–H and O–H groups in total. The number of amides is 2. The second kappa shape index (κ2) is 5.97. The summed E-state index contributed by atoms with van der Waals surface area (Å²) in [4.78, 5) is 31.5. The van der Waals surface area contributed by atoms with Crippen LogP contribution in [0, 0.1) is 13.8 Å². The number of aryl methyl sites for hydroxylation is 2. The van der Waals surface area contributed by atoms with Crippen LogP contribution in [0.15, 0.2) is 18.2 Å². The van der Waals surface area contributed by atoms with E-state index in [0.29, 0.717) is 15.7 Å². The van der Waals surface area contributed by atoms with E-state index in [1.807, 2.05) is 26.0 Å². The maximum absolute atomic E-state index is 12.7. The zero-order valence-corrected chi connectivity index (χ0v) is 14.3. The number of anilines is 2. The Bertz CT molecular complexity index is 957. The van der Waals surface area contributed by atoms with Crippen LogP contribution in [0.4, 0.5) is 10.1 Å². The van der Waals surface area contributed by atoms with Crippen molar-refractivity contribution in [2.45, 2.75) is 13.8 Å². The minimum absolute atomic E-state index is 0.0451. The number of thiazole rings is 1. The van der Waals surface area contributed by atoms with Gasteiger partial charge in [0, 0.05) is 18.1 Å². The second-order valence-electron chi connectivity index (χ2n) is 5.37. The van der Waals surface area contributed by atoms with Crippen molar-refractivity contribution in [3.63, 3.8) is 0 Å². The molecule has 0 aliphatic rings. The van der Waals surface area contributed by atoms with Gasteiger partial charge in [0.25, 0.3) is 11.8 Å². The second-order valence-corrected chi connectivity index (χ2v) is 6.37. The molecule has 0 aliphatic heterocycles. The van der Waals surface area contributed by atoms with Crippen LogP contribution in [-0.2, 0) is 0 Å². The van der Waals surface area contributed by atoms with Gasteiger partial charge in [-0.15, -0.1) is 0 Å². The Balaban J connectivity index is 2.01. The molecule has 0 spiro atoms. The van der Waals surface area contributed by atoms with Gasteiger partial charge in [0.15, 0.2) is 10.8 Å². The average Bonchev–Trinajstić information content (AvgIpc) is 3.09. The Labute approximate surface area is 142 Å². The lowest BCUT2D eigenvalue weighted by molar-refractivity contribution is 0.0997. The lowest BCUT2D eigenvalue weighted by Crippen LogP contribution is -2.17. The van der Waals surface area contributed by atoms with Crippen molar-refractivity contribution in [1.82, 2.24) is 9.97 Å². The number of nitrogens with two attached hydrogens (primary N) is 1. The first-order chi connectivity index (χ1) is 11.4. The summed E-state index contributed by atoms with van der Waals surface area (Å²) in [6.45, 7) is 3.97. The molecule has 0 saturated carbocycles. The maximum atomic E-state index is 12.7. The van der Waals surface area contributed by atoms with Gasteiger partial charge < -0.3 is 21.4 Å². The Morgan fingerprint density at radius 3 is 2.71 bits per heavy atom. The first-order valence-corrected chi connectivity index (χ1v) is 8.11. The van der Waals surface area contributed by atoms with Crippen LogP contribution >= 0.6 is 11.3 Å². The molecule has 0 bridgehead atoms. The number of carbonyl (C=O) groups is 2. The number of nitrogens with one attached hydrogen (secondary N) is 3. The highest BCUT2D eigenvalue weighted by atomic mass is 32.1. The SMILES string of the molecule is CNc1nc(C(N)=O)c(NC(=O)c2cccc3c(C)c(C)[nH]c23)s1. The van der Waals surface area contributed by atoms with Crippen LogP contribution in [0.1, 0.15) is 32.1 Å². The first kappa shape index (κ1) is 16.0. The van der Waals surface area contributed by atoms with Gasteiger partial charge in [-0.05, 0) is 25.5 Å². The van der Waals surface area contributed by atoms with Crippen LogP contribution in [-0.4, -0.2) is 28.8 Å². The highest BCUT2D eigenvalue weighted by Crippen LogP contribution is 2.30. The minimum Gasteiger partial charge on any atom is -0.365 e. The lowest BCUT2D eigenvalue weighted by atomic mass is 10.1. The highest BCUT2D eigenvalue weighted by molar-refractivity contribution is 7.20.